The second kappa shape index (κ2) is 5.54. The molecule has 1 aromatic carbocycles. The minimum Gasteiger partial charge on any atom is -0.291 e. The number of hydrogen-bond donors (Lipinski definition) is 0. The lowest BCUT2D eigenvalue weighted by Gasteiger charge is -2.08. The van der Waals surface area contributed by atoms with Gasteiger partial charge in [0.25, 0.3) is 0 Å². The van der Waals surface area contributed by atoms with Crippen molar-refractivity contribution in [1.82, 2.24) is 24.3 Å². The Morgan fingerprint density at radius 3 is 2.77 bits per heavy atom. The molecule has 0 atom stereocenters. The van der Waals surface area contributed by atoms with Gasteiger partial charge in [-0.2, -0.15) is 5.10 Å². The van der Waals surface area contributed by atoms with Crippen LogP contribution >= 0.6 is 11.6 Å². The molecule has 114 valence electrons. The highest BCUT2D eigenvalue weighted by molar-refractivity contribution is 7.90. The molecule has 0 saturated heterocycles. The van der Waals surface area contributed by atoms with Gasteiger partial charge in [0.05, 0.1) is 0 Å². The Bertz CT molecular complexity index is 916. The van der Waals surface area contributed by atoms with Crippen LogP contribution in [0.1, 0.15) is 5.82 Å². The quantitative estimate of drug-likeness (QED) is 0.722. The highest BCUT2D eigenvalue weighted by atomic mass is 35.5. The van der Waals surface area contributed by atoms with Gasteiger partial charge in [-0.15, -0.1) is 0 Å². The molecule has 7 nitrogen and oxygen atoms in total. The molecule has 3 aromatic rings. The molecule has 3 rings (SSSR count). The maximum atomic E-state index is 12.6. The lowest BCUT2D eigenvalue weighted by molar-refractivity contribution is 0.579. The van der Waals surface area contributed by atoms with E-state index in [0.717, 1.165) is 0 Å². The van der Waals surface area contributed by atoms with Gasteiger partial charge in [-0.25, -0.2) is 18.4 Å². The minimum atomic E-state index is -3.67. The van der Waals surface area contributed by atoms with Crippen LogP contribution in [0.4, 0.5) is 0 Å². The van der Waals surface area contributed by atoms with Gasteiger partial charge in [-0.3, -0.25) is 9.25 Å². The fourth-order valence-electron chi connectivity index (χ4n) is 2.03. The van der Waals surface area contributed by atoms with Gasteiger partial charge < -0.3 is 0 Å². The van der Waals surface area contributed by atoms with Crippen molar-refractivity contribution >= 4 is 21.4 Å². The van der Waals surface area contributed by atoms with Crippen molar-refractivity contribution in [3.05, 3.63) is 53.8 Å². The van der Waals surface area contributed by atoms with E-state index >= 15 is 0 Å². The normalized spacial score (nSPS) is 11.7. The summed E-state index contributed by atoms with van der Waals surface area (Å²) in [5.74, 6) is 0.0711. The largest absolute Gasteiger partial charge is 0.291 e. The predicted molar refractivity (Wildman–Crippen MR) is 80.5 cm³/mol. The van der Waals surface area contributed by atoms with E-state index in [1.807, 2.05) is 0 Å². The maximum Gasteiger partial charge on any atom is 0.232 e. The highest BCUT2D eigenvalue weighted by Gasteiger charge is 2.24. The van der Waals surface area contributed by atoms with Crippen molar-refractivity contribution < 1.29 is 8.42 Å². The van der Waals surface area contributed by atoms with Gasteiger partial charge >= 0.3 is 0 Å². The van der Waals surface area contributed by atoms with Crippen molar-refractivity contribution in [2.24, 2.45) is 7.05 Å². The molecule has 22 heavy (non-hydrogen) atoms. The molecule has 0 spiro atoms. The summed E-state index contributed by atoms with van der Waals surface area (Å²) in [6.45, 7) is 0. The number of aryl methyl sites for hydroxylation is 1. The van der Waals surface area contributed by atoms with E-state index in [9.17, 15) is 8.42 Å². The Morgan fingerprint density at radius 1 is 1.27 bits per heavy atom. The third kappa shape index (κ3) is 2.75. The van der Waals surface area contributed by atoms with Crippen LogP contribution in [-0.2, 0) is 22.6 Å². The van der Waals surface area contributed by atoms with Crippen molar-refractivity contribution in [2.45, 2.75) is 10.9 Å². The van der Waals surface area contributed by atoms with Gasteiger partial charge in [-0.1, -0.05) is 17.7 Å². The molecule has 0 fully saturated rings. The lowest BCUT2D eigenvalue weighted by atomic mass is 10.3. The first-order chi connectivity index (χ1) is 10.5. The number of nitrogens with zero attached hydrogens (tertiary/aromatic N) is 5. The molecule has 0 radical (unpaired) electrons. The molecule has 2 heterocycles. The zero-order chi connectivity index (χ0) is 15.7. The van der Waals surface area contributed by atoms with Crippen LogP contribution in [0.5, 0.6) is 0 Å². The second-order valence-electron chi connectivity index (χ2n) is 4.62. The van der Waals surface area contributed by atoms with Crippen LogP contribution in [0, 0.1) is 0 Å². The number of halogens is 1. The van der Waals surface area contributed by atoms with Crippen molar-refractivity contribution in [1.29, 1.82) is 0 Å². The van der Waals surface area contributed by atoms with E-state index in [-0.39, 0.29) is 10.9 Å². The fourth-order valence-corrected chi connectivity index (χ4v) is 3.63. The van der Waals surface area contributed by atoms with Gasteiger partial charge in [0.15, 0.2) is 0 Å². The molecule has 0 aliphatic rings. The van der Waals surface area contributed by atoms with Crippen LogP contribution in [0.25, 0.3) is 5.69 Å². The van der Waals surface area contributed by atoms with Crippen LogP contribution in [0.3, 0.4) is 0 Å². The van der Waals surface area contributed by atoms with E-state index in [1.54, 1.807) is 37.5 Å². The molecule has 0 unspecified atom stereocenters. The summed E-state index contributed by atoms with van der Waals surface area (Å²) in [5.41, 5.74) is 0.626. The number of hydrogen-bond acceptors (Lipinski definition) is 5. The smallest absolute Gasteiger partial charge is 0.232 e. The average Bonchev–Trinajstić information content (AvgIpc) is 3.09. The Hall–Kier alpha value is -2.19. The SMILES string of the molecule is Cn1ncnc1CS(=O)(=O)c1nccn1-c1cccc(Cl)c1. The topological polar surface area (TPSA) is 82.7 Å². The van der Waals surface area contributed by atoms with E-state index in [1.165, 1.54) is 21.8 Å². The molecule has 2 aromatic heterocycles. The first kappa shape index (κ1) is 14.7. The van der Waals surface area contributed by atoms with Crippen LogP contribution in [0.15, 0.2) is 48.1 Å². The molecule has 0 saturated carbocycles. The second-order valence-corrected chi connectivity index (χ2v) is 6.94. The van der Waals surface area contributed by atoms with E-state index in [4.69, 9.17) is 11.6 Å². The van der Waals surface area contributed by atoms with Crippen LogP contribution < -0.4 is 0 Å². The zero-order valence-electron chi connectivity index (χ0n) is 11.6. The van der Waals surface area contributed by atoms with E-state index < -0.39 is 9.84 Å². The summed E-state index contributed by atoms with van der Waals surface area (Å²) < 4.78 is 28.1. The van der Waals surface area contributed by atoms with Crippen molar-refractivity contribution in [3.8, 4) is 5.69 Å². The zero-order valence-corrected chi connectivity index (χ0v) is 13.2. The summed E-state index contributed by atoms with van der Waals surface area (Å²) in [4.78, 5) is 7.92. The molecule has 0 N–H and O–H groups in total. The van der Waals surface area contributed by atoms with Gasteiger partial charge in [-0.05, 0) is 18.2 Å². The molecular formula is C13H12ClN5O2S. The first-order valence-electron chi connectivity index (χ1n) is 6.32. The summed E-state index contributed by atoms with van der Waals surface area (Å²) in [6.07, 6.45) is 4.33. The van der Waals surface area contributed by atoms with E-state index in [2.05, 4.69) is 15.1 Å². The number of benzene rings is 1. The third-order valence-electron chi connectivity index (χ3n) is 3.10. The Labute approximate surface area is 132 Å². The number of sulfone groups is 1. The van der Waals surface area contributed by atoms with Gasteiger partial charge in [0.2, 0.25) is 15.0 Å². The molecule has 0 bridgehead atoms. The Morgan fingerprint density at radius 2 is 2.09 bits per heavy atom. The third-order valence-corrected chi connectivity index (χ3v) is 4.83. The number of aromatic nitrogens is 5. The van der Waals surface area contributed by atoms with E-state index in [0.29, 0.717) is 16.5 Å². The molecular weight excluding hydrogens is 326 g/mol. The first-order valence-corrected chi connectivity index (χ1v) is 8.35. The molecule has 0 amide bonds. The van der Waals surface area contributed by atoms with Gasteiger partial charge in [0, 0.05) is 30.2 Å². The number of rotatable bonds is 4. The summed E-state index contributed by atoms with van der Waals surface area (Å²) in [5, 5.41) is 4.33. The highest BCUT2D eigenvalue weighted by Crippen LogP contribution is 2.20. The summed E-state index contributed by atoms with van der Waals surface area (Å²) in [7, 11) is -2.03. The van der Waals surface area contributed by atoms with Crippen molar-refractivity contribution in [3.63, 3.8) is 0 Å². The summed E-state index contributed by atoms with van der Waals surface area (Å²) >= 11 is 5.96. The minimum absolute atomic E-state index is 0.0576. The average molecular weight is 338 g/mol. The molecule has 0 aliphatic heterocycles. The van der Waals surface area contributed by atoms with Crippen LogP contribution in [0.2, 0.25) is 5.02 Å². The Balaban J connectivity index is 2.03. The molecule has 0 aliphatic carbocycles. The number of imidazole rings is 1. The lowest BCUT2D eigenvalue weighted by Crippen LogP contribution is -2.14. The van der Waals surface area contributed by atoms with Crippen LogP contribution in [-0.4, -0.2) is 32.7 Å². The maximum absolute atomic E-state index is 12.6. The monoisotopic (exact) mass is 337 g/mol. The van der Waals surface area contributed by atoms with Crippen molar-refractivity contribution in [2.75, 3.05) is 0 Å². The molecule has 9 heteroatoms. The summed E-state index contributed by atoms with van der Waals surface area (Å²) in [6, 6.07) is 6.89. The predicted octanol–water partition coefficient (Wildman–Crippen LogP) is 1.63. The van der Waals surface area contributed by atoms with Gasteiger partial charge in [0.1, 0.15) is 17.9 Å². The fraction of sp³-hybridized carbons (Fsp3) is 0.154. The standard InChI is InChI=1S/C13H12ClN5O2S/c1-18-12(16-9-17-18)8-22(20,21)13-15-5-6-19(13)11-4-2-3-10(14)7-11/h2-7,9H,8H2,1H3. The Kier molecular flexibility index (Phi) is 3.71.